The van der Waals surface area contributed by atoms with Crippen LogP contribution in [0.4, 0.5) is 0 Å². The minimum absolute atomic E-state index is 0.00619. The zero-order valence-corrected chi connectivity index (χ0v) is 12.4. The molecular weight excluding hydrogens is 248 g/mol. The van der Waals surface area contributed by atoms with Crippen LogP contribution in [0.2, 0.25) is 0 Å². The normalized spacial score (nSPS) is 14.5. The Kier molecular flexibility index (Phi) is 7.45. The van der Waals surface area contributed by atoms with Gasteiger partial charge in [-0.15, -0.1) is 0 Å². The molecule has 0 aliphatic heterocycles. The van der Waals surface area contributed by atoms with Gasteiger partial charge >= 0.3 is 0 Å². The molecule has 0 saturated carbocycles. The summed E-state index contributed by atoms with van der Waals surface area (Å²) in [5.74, 6) is 0. The second kappa shape index (κ2) is 9.23. The fraction of sp³-hybridized carbons (Fsp3) is 0.111. The van der Waals surface area contributed by atoms with E-state index in [1.54, 1.807) is 6.08 Å². The molecule has 1 aromatic rings. The molecule has 0 heterocycles. The van der Waals surface area contributed by atoms with Crippen LogP contribution in [0.25, 0.3) is 0 Å². The summed E-state index contributed by atoms with van der Waals surface area (Å²) in [5, 5.41) is 2.24. The molecule has 0 amide bonds. The van der Waals surface area contributed by atoms with E-state index in [4.69, 9.17) is 0 Å². The van der Waals surface area contributed by atoms with Crippen molar-refractivity contribution in [3.63, 3.8) is 0 Å². The van der Waals surface area contributed by atoms with Gasteiger partial charge in [-0.1, -0.05) is 55.2 Å². The molecule has 98 valence electrons. The predicted octanol–water partition coefficient (Wildman–Crippen LogP) is 5.40. The van der Waals surface area contributed by atoms with Crippen LogP contribution in [0.1, 0.15) is 13.8 Å². The van der Waals surface area contributed by atoms with Gasteiger partial charge in [0.2, 0.25) is 0 Å². The van der Waals surface area contributed by atoms with Crippen LogP contribution in [0.15, 0.2) is 94.7 Å². The maximum absolute atomic E-state index is 3.67. The summed E-state index contributed by atoms with van der Waals surface area (Å²) in [7, 11) is 0.00619. The number of hydrogen-bond acceptors (Lipinski definition) is 0. The quantitative estimate of drug-likeness (QED) is 0.479. The molecule has 1 atom stereocenters. The Balaban J connectivity index is 3.01. The summed E-state index contributed by atoms with van der Waals surface area (Å²) < 4.78 is 0. The Bertz CT molecular complexity index is 490. The molecule has 1 aromatic carbocycles. The molecule has 1 rings (SSSR count). The third kappa shape index (κ3) is 5.62. The van der Waals surface area contributed by atoms with Gasteiger partial charge in [0.15, 0.2) is 4.90 Å². The van der Waals surface area contributed by atoms with Crippen molar-refractivity contribution in [3.05, 3.63) is 89.8 Å². The first-order valence-electron chi connectivity index (χ1n) is 6.33. The van der Waals surface area contributed by atoms with Gasteiger partial charge in [-0.25, -0.2) is 0 Å². The second-order valence-corrected chi connectivity index (χ2v) is 5.97. The highest BCUT2D eigenvalue weighted by Crippen LogP contribution is 2.23. The van der Waals surface area contributed by atoms with Crippen molar-refractivity contribution in [2.24, 2.45) is 0 Å². The minimum atomic E-state index is 0.00619. The smallest absolute Gasteiger partial charge is 0.0991 e. The first-order chi connectivity index (χ1) is 9.29. The maximum Gasteiger partial charge on any atom is 0.165 e. The number of allylic oxidation sites excluding steroid dienone is 8. The Morgan fingerprint density at radius 1 is 1.05 bits per heavy atom. The number of benzene rings is 1. The van der Waals surface area contributed by atoms with Gasteiger partial charge in [-0.05, 0) is 31.2 Å². The van der Waals surface area contributed by atoms with Crippen LogP contribution >= 0.6 is 0 Å². The lowest BCUT2D eigenvalue weighted by atomic mass is 10.4. The Morgan fingerprint density at radius 2 is 1.79 bits per heavy atom. The largest absolute Gasteiger partial charge is 0.165 e. The molecule has 0 aliphatic carbocycles. The fourth-order valence-electron chi connectivity index (χ4n) is 1.51. The van der Waals surface area contributed by atoms with E-state index >= 15 is 0 Å². The second-order valence-electron chi connectivity index (χ2n) is 3.90. The third-order valence-electron chi connectivity index (χ3n) is 2.44. The SMILES string of the molecule is C=C/C=C\C=C\[S+](/C(C)=C/C=C\C)c1ccccc1. The van der Waals surface area contributed by atoms with Gasteiger partial charge < -0.3 is 0 Å². The van der Waals surface area contributed by atoms with Crippen molar-refractivity contribution < 1.29 is 0 Å². The van der Waals surface area contributed by atoms with Crippen molar-refractivity contribution in [2.45, 2.75) is 18.7 Å². The predicted molar refractivity (Wildman–Crippen MR) is 89.1 cm³/mol. The molecule has 0 fully saturated rings. The number of rotatable bonds is 6. The van der Waals surface area contributed by atoms with Crippen LogP contribution in [0.3, 0.4) is 0 Å². The zero-order valence-electron chi connectivity index (χ0n) is 11.6. The van der Waals surface area contributed by atoms with E-state index in [0.717, 1.165) is 0 Å². The van der Waals surface area contributed by atoms with Gasteiger partial charge in [-0.3, -0.25) is 0 Å². The topological polar surface area (TPSA) is 0 Å². The lowest BCUT2D eigenvalue weighted by Crippen LogP contribution is -1.99. The lowest BCUT2D eigenvalue weighted by Gasteiger charge is -2.02. The average Bonchev–Trinajstić information content (AvgIpc) is 2.46. The van der Waals surface area contributed by atoms with E-state index in [0.29, 0.717) is 0 Å². The lowest BCUT2D eigenvalue weighted by molar-refractivity contribution is 1.44. The highest BCUT2D eigenvalue weighted by atomic mass is 32.2. The van der Waals surface area contributed by atoms with Crippen LogP contribution in [0.5, 0.6) is 0 Å². The molecule has 19 heavy (non-hydrogen) atoms. The molecule has 0 aliphatic rings. The van der Waals surface area contributed by atoms with E-state index in [1.165, 1.54) is 9.80 Å². The van der Waals surface area contributed by atoms with Crippen LogP contribution in [0, 0.1) is 0 Å². The molecule has 0 bridgehead atoms. The van der Waals surface area contributed by atoms with Crippen molar-refractivity contribution in [2.75, 3.05) is 0 Å². The summed E-state index contributed by atoms with van der Waals surface area (Å²) in [6.45, 7) is 7.89. The fourth-order valence-corrected chi connectivity index (χ4v) is 3.18. The zero-order chi connectivity index (χ0) is 13.9. The molecule has 0 N–H and O–H groups in total. The Hall–Kier alpha value is -1.73. The summed E-state index contributed by atoms with van der Waals surface area (Å²) in [6, 6.07) is 10.6. The summed E-state index contributed by atoms with van der Waals surface area (Å²) >= 11 is 0. The van der Waals surface area contributed by atoms with Gasteiger partial charge in [0.1, 0.15) is 10.3 Å². The van der Waals surface area contributed by atoms with Gasteiger partial charge in [0.05, 0.1) is 10.9 Å². The van der Waals surface area contributed by atoms with Gasteiger partial charge in [-0.2, -0.15) is 0 Å². The van der Waals surface area contributed by atoms with Crippen molar-refractivity contribution in [1.82, 2.24) is 0 Å². The molecule has 1 heteroatoms. The van der Waals surface area contributed by atoms with Crippen LogP contribution in [-0.2, 0) is 10.9 Å². The van der Waals surface area contributed by atoms with Crippen molar-refractivity contribution in [1.29, 1.82) is 0 Å². The maximum atomic E-state index is 3.67. The minimum Gasteiger partial charge on any atom is -0.0991 e. The molecule has 1 unspecified atom stereocenters. The van der Waals surface area contributed by atoms with Gasteiger partial charge in [0.25, 0.3) is 0 Å². The third-order valence-corrected chi connectivity index (χ3v) is 4.48. The highest BCUT2D eigenvalue weighted by molar-refractivity contribution is 8.03. The number of hydrogen-bond donors (Lipinski definition) is 0. The molecular formula is C18H21S+. The molecule has 0 aromatic heterocycles. The van der Waals surface area contributed by atoms with Gasteiger partial charge in [0, 0.05) is 6.92 Å². The van der Waals surface area contributed by atoms with Crippen molar-refractivity contribution >= 4 is 10.9 Å². The van der Waals surface area contributed by atoms with E-state index in [2.05, 4.69) is 73.5 Å². The monoisotopic (exact) mass is 269 g/mol. The average molecular weight is 269 g/mol. The van der Waals surface area contributed by atoms with E-state index in [9.17, 15) is 0 Å². The Morgan fingerprint density at radius 3 is 2.42 bits per heavy atom. The Labute approximate surface area is 119 Å². The van der Waals surface area contributed by atoms with E-state index < -0.39 is 0 Å². The first kappa shape index (κ1) is 15.3. The summed E-state index contributed by atoms with van der Waals surface area (Å²) in [6.07, 6.45) is 14.1. The van der Waals surface area contributed by atoms with E-state index in [-0.39, 0.29) is 10.9 Å². The molecule has 0 nitrogen and oxygen atoms in total. The highest BCUT2D eigenvalue weighted by Gasteiger charge is 2.20. The molecule has 0 radical (unpaired) electrons. The van der Waals surface area contributed by atoms with Crippen molar-refractivity contribution in [3.8, 4) is 0 Å². The standard InChI is InChI=1S/C18H21S/c1-4-6-8-12-16-19(17(3)13-7-5-2)18-14-10-9-11-15-18/h4-16H,1H2,2-3H3/q+1/b7-5-,8-6-,16-12+,17-13+. The van der Waals surface area contributed by atoms with Crippen LogP contribution in [-0.4, -0.2) is 0 Å². The molecule has 0 spiro atoms. The molecule has 0 saturated heterocycles. The van der Waals surface area contributed by atoms with Crippen LogP contribution < -0.4 is 0 Å². The summed E-state index contributed by atoms with van der Waals surface area (Å²) in [4.78, 5) is 2.69. The summed E-state index contributed by atoms with van der Waals surface area (Å²) in [5.41, 5.74) is 0. The first-order valence-corrected chi connectivity index (χ1v) is 7.62. The van der Waals surface area contributed by atoms with E-state index in [1.807, 2.05) is 19.1 Å².